The fourth-order valence-corrected chi connectivity index (χ4v) is 1.16. The quantitative estimate of drug-likeness (QED) is 0.512. The molecule has 1 nitrogen and oxygen atoms in total. The van der Waals surface area contributed by atoms with Crippen LogP contribution in [0.1, 0.15) is 5.69 Å². The van der Waals surface area contributed by atoms with Gasteiger partial charge in [0.1, 0.15) is 3.70 Å². The molecule has 9 heavy (non-hydrogen) atoms. The van der Waals surface area contributed by atoms with Crippen molar-refractivity contribution in [1.82, 2.24) is 4.98 Å². The van der Waals surface area contributed by atoms with Gasteiger partial charge < -0.3 is 0 Å². The molecule has 3 heteroatoms. The lowest BCUT2D eigenvalue weighted by Crippen LogP contribution is -1.83. The van der Waals surface area contributed by atoms with Gasteiger partial charge in [-0.1, -0.05) is 11.6 Å². The molecule has 0 fully saturated rings. The molecule has 0 aliphatic carbocycles. The minimum absolute atomic E-state index is 0.732. The molecule has 0 spiro atoms. The highest BCUT2D eigenvalue weighted by Crippen LogP contribution is 2.13. The molecule has 0 atom stereocenters. The number of hydrogen-bond donors (Lipinski definition) is 0. The van der Waals surface area contributed by atoms with Gasteiger partial charge in [0, 0.05) is 0 Å². The summed E-state index contributed by atoms with van der Waals surface area (Å²) < 4.78 is 0.981. The van der Waals surface area contributed by atoms with Crippen LogP contribution >= 0.6 is 34.2 Å². The van der Waals surface area contributed by atoms with E-state index in [9.17, 15) is 0 Å². The third-order valence-electron chi connectivity index (χ3n) is 0.987. The summed E-state index contributed by atoms with van der Waals surface area (Å²) in [5.74, 6) is 0. The number of hydrogen-bond acceptors (Lipinski definition) is 1. The Hall–Kier alpha value is 0.170. The number of aromatic nitrogens is 1. The summed E-state index contributed by atoms with van der Waals surface area (Å²) in [6.07, 6.45) is 0. The van der Waals surface area contributed by atoms with Gasteiger partial charge in [-0.25, -0.2) is 4.98 Å². The Morgan fingerprint density at radius 3 is 2.67 bits per heavy atom. The molecule has 1 rings (SSSR count). The van der Waals surface area contributed by atoms with Gasteiger partial charge in [-0.05, 0) is 41.6 Å². The molecule has 0 amide bonds. The number of nitrogens with zero attached hydrogens (tertiary/aromatic N) is 1. The molecule has 0 saturated heterocycles. The van der Waals surface area contributed by atoms with Gasteiger partial charge in [0.15, 0.2) is 0 Å². The van der Waals surface area contributed by atoms with Crippen molar-refractivity contribution < 1.29 is 0 Å². The molecule has 0 saturated carbocycles. The van der Waals surface area contributed by atoms with Crippen molar-refractivity contribution in [3.05, 3.63) is 26.5 Å². The van der Waals surface area contributed by atoms with Crippen molar-refractivity contribution in [3.8, 4) is 0 Å². The number of aryl methyl sites for hydroxylation is 1. The molecular weight excluding hydrogens is 248 g/mol. The molecule has 1 heterocycles. The summed E-state index contributed by atoms with van der Waals surface area (Å²) in [4.78, 5) is 4.13. The van der Waals surface area contributed by atoms with Gasteiger partial charge in [0.25, 0.3) is 0 Å². The predicted octanol–water partition coefficient (Wildman–Crippen LogP) is 2.65. The number of halogens is 2. The van der Waals surface area contributed by atoms with Crippen LogP contribution in [-0.2, 0) is 0 Å². The zero-order chi connectivity index (χ0) is 6.85. The van der Waals surface area contributed by atoms with Crippen LogP contribution in [0.5, 0.6) is 0 Å². The molecule has 1 aromatic heterocycles. The summed E-state index contributed by atoms with van der Waals surface area (Å²) in [6.45, 7) is 1.89. The number of rotatable bonds is 0. The lowest BCUT2D eigenvalue weighted by Gasteiger charge is -1.94. The van der Waals surface area contributed by atoms with Crippen LogP contribution in [-0.4, -0.2) is 4.98 Å². The second kappa shape index (κ2) is 2.84. The van der Waals surface area contributed by atoms with E-state index in [1.54, 1.807) is 0 Å². The van der Waals surface area contributed by atoms with Gasteiger partial charge in [0.05, 0.1) is 10.7 Å². The second-order valence-corrected chi connectivity index (χ2v) is 3.21. The number of pyridine rings is 1. The van der Waals surface area contributed by atoms with Crippen LogP contribution in [0, 0.1) is 10.6 Å². The minimum Gasteiger partial charge on any atom is -0.246 e. The van der Waals surface area contributed by atoms with Crippen LogP contribution < -0.4 is 0 Å². The molecule has 0 N–H and O–H groups in total. The molecule has 0 aliphatic heterocycles. The molecule has 0 radical (unpaired) electrons. The van der Waals surface area contributed by atoms with Crippen LogP contribution in [0.2, 0.25) is 5.02 Å². The maximum atomic E-state index is 5.71. The van der Waals surface area contributed by atoms with E-state index in [-0.39, 0.29) is 0 Å². The van der Waals surface area contributed by atoms with Crippen molar-refractivity contribution in [3.63, 3.8) is 0 Å². The van der Waals surface area contributed by atoms with E-state index in [4.69, 9.17) is 11.6 Å². The SMILES string of the molecule is Cc1nc(I)ccc1Cl. The van der Waals surface area contributed by atoms with Crippen LogP contribution in [0.15, 0.2) is 12.1 Å². The molecule has 0 aromatic carbocycles. The lowest BCUT2D eigenvalue weighted by molar-refractivity contribution is 1.16. The predicted molar refractivity (Wildman–Crippen MR) is 46.7 cm³/mol. The fraction of sp³-hybridized carbons (Fsp3) is 0.167. The van der Waals surface area contributed by atoms with Crippen molar-refractivity contribution in [1.29, 1.82) is 0 Å². The van der Waals surface area contributed by atoms with Crippen molar-refractivity contribution >= 4 is 34.2 Å². The zero-order valence-corrected chi connectivity index (χ0v) is 7.77. The topological polar surface area (TPSA) is 12.9 Å². The van der Waals surface area contributed by atoms with E-state index in [1.165, 1.54) is 0 Å². The first-order chi connectivity index (χ1) is 4.20. The van der Waals surface area contributed by atoms with Crippen LogP contribution in [0.25, 0.3) is 0 Å². The molecule has 0 bridgehead atoms. The zero-order valence-electron chi connectivity index (χ0n) is 4.86. The van der Waals surface area contributed by atoms with E-state index < -0.39 is 0 Å². The minimum atomic E-state index is 0.732. The fourth-order valence-electron chi connectivity index (χ4n) is 0.513. The Morgan fingerprint density at radius 1 is 1.56 bits per heavy atom. The van der Waals surface area contributed by atoms with E-state index in [0.717, 1.165) is 14.4 Å². The van der Waals surface area contributed by atoms with E-state index >= 15 is 0 Å². The third kappa shape index (κ3) is 1.79. The Bertz CT molecular complexity index is 224. The summed E-state index contributed by atoms with van der Waals surface area (Å²) in [5.41, 5.74) is 0.892. The maximum absolute atomic E-state index is 5.71. The van der Waals surface area contributed by atoms with Crippen LogP contribution in [0.4, 0.5) is 0 Å². The van der Waals surface area contributed by atoms with Crippen molar-refractivity contribution in [2.24, 2.45) is 0 Å². The highest BCUT2D eigenvalue weighted by atomic mass is 127. The molecule has 48 valence electrons. The molecule has 0 aliphatic rings. The lowest BCUT2D eigenvalue weighted by atomic mass is 10.4. The Kier molecular flexibility index (Phi) is 2.29. The van der Waals surface area contributed by atoms with Gasteiger partial charge in [-0.2, -0.15) is 0 Å². The first-order valence-electron chi connectivity index (χ1n) is 2.49. The Morgan fingerprint density at radius 2 is 2.22 bits per heavy atom. The summed E-state index contributed by atoms with van der Waals surface area (Å²) >= 11 is 7.87. The molecule has 1 aromatic rings. The normalized spacial score (nSPS) is 9.67. The Labute approximate surface area is 72.6 Å². The summed E-state index contributed by atoms with van der Waals surface area (Å²) in [7, 11) is 0. The summed E-state index contributed by atoms with van der Waals surface area (Å²) in [6, 6.07) is 3.74. The molecule has 0 unspecified atom stereocenters. The summed E-state index contributed by atoms with van der Waals surface area (Å²) in [5, 5.41) is 0.732. The largest absolute Gasteiger partial charge is 0.246 e. The molecular formula is C6H5ClIN. The van der Waals surface area contributed by atoms with Crippen molar-refractivity contribution in [2.45, 2.75) is 6.92 Å². The second-order valence-electron chi connectivity index (χ2n) is 1.70. The third-order valence-corrected chi connectivity index (χ3v) is 1.99. The average molecular weight is 253 g/mol. The van der Waals surface area contributed by atoms with Gasteiger partial charge in [0.2, 0.25) is 0 Å². The first-order valence-corrected chi connectivity index (χ1v) is 3.94. The van der Waals surface area contributed by atoms with E-state index in [2.05, 4.69) is 27.6 Å². The average Bonchev–Trinajstić information content (AvgIpc) is 1.80. The monoisotopic (exact) mass is 253 g/mol. The van der Waals surface area contributed by atoms with E-state index in [0.29, 0.717) is 0 Å². The Balaban J connectivity index is 3.17. The van der Waals surface area contributed by atoms with Crippen LogP contribution in [0.3, 0.4) is 0 Å². The van der Waals surface area contributed by atoms with E-state index in [1.807, 2.05) is 19.1 Å². The highest BCUT2D eigenvalue weighted by molar-refractivity contribution is 14.1. The van der Waals surface area contributed by atoms with Gasteiger partial charge in [-0.3, -0.25) is 0 Å². The highest BCUT2D eigenvalue weighted by Gasteiger charge is 1.93. The standard InChI is InChI=1S/C6H5ClIN/c1-4-5(7)2-3-6(8)9-4/h2-3H,1H3. The first kappa shape index (κ1) is 7.28. The van der Waals surface area contributed by atoms with Gasteiger partial charge in [-0.15, -0.1) is 0 Å². The van der Waals surface area contributed by atoms with Gasteiger partial charge >= 0.3 is 0 Å². The van der Waals surface area contributed by atoms with Crippen molar-refractivity contribution in [2.75, 3.05) is 0 Å². The maximum Gasteiger partial charge on any atom is 0.101 e. The smallest absolute Gasteiger partial charge is 0.101 e.